The molecule has 0 saturated heterocycles. The van der Waals surface area contributed by atoms with Crippen molar-refractivity contribution in [3.8, 4) is 22.8 Å². The number of benzene rings is 2. The summed E-state index contributed by atoms with van der Waals surface area (Å²) < 4.78 is 16.9. The van der Waals surface area contributed by atoms with Gasteiger partial charge in [0.05, 0.1) is 14.2 Å². The number of hydrogen-bond donors (Lipinski definition) is 1. The minimum Gasteiger partial charge on any atom is -0.493 e. The third kappa shape index (κ3) is 4.12. The van der Waals surface area contributed by atoms with Gasteiger partial charge in [0.2, 0.25) is 0 Å². The van der Waals surface area contributed by atoms with Crippen molar-refractivity contribution < 1.29 is 13.9 Å². The maximum absolute atomic E-state index is 12.6. The molecule has 3 rings (SSSR count). The lowest BCUT2D eigenvalue weighted by atomic mass is 10.1. The Morgan fingerprint density at radius 1 is 1.04 bits per heavy atom. The third-order valence-corrected chi connectivity index (χ3v) is 4.91. The van der Waals surface area contributed by atoms with Gasteiger partial charge in [-0.1, -0.05) is 11.6 Å². The Morgan fingerprint density at radius 2 is 1.67 bits per heavy atom. The standard InChI is InChI=1S/C20H17BrClNO4/c1-11-8-16(14-9-17(25-2)18(26-3)10-15(14)21)27-20(24)19(11)23-13-6-4-12(22)5-7-13/h4-10,23H,1-3H3. The van der Waals surface area contributed by atoms with Gasteiger partial charge in [-0.25, -0.2) is 4.79 Å². The van der Waals surface area contributed by atoms with Gasteiger partial charge in [-0.2, -0.15) is 0 Å². The molecule has 0 aliphatic heterocycles. The van der Waals surface area contributed by atoms with Crippen molar-refractivity contribution >= 4 is 38.9 Å². The van der Waals surface area contributed by atoms with Crippen LogP contribution in [0.5, 0.6) is 11.5 Å². The van der Waals surface area contributed by atoms with Crippen LogP contribution >= 0.6 is 27.5 Å². The first kappa shape index (κ1) is 19.3. The molecule has 0 saturated carbocycles. The first-order valence-electron chi connectivity index (χ1n) is 8.02. The molecule has 3 aromatic rings. The van der Waals surface area contributed by atoms with E-state index in [1.54, 1.807) is 56.7 Å². The van der Waals surface area contributed by atoms with E-state index in [9.17, 15) is 4.79 Å². The Bertz CT molecular complexity index is 1030. The van der Waals surface area contributed by atoms with Crippen molar-refractivity contribution in [2.24, 2.45) is 0 Å². The zero-order valence-electron chi connectivity index (χ0n) is 14.9. The van der Waals surface area contributed by atoms with Gasteiger partial charge in [-0.05, 0) is 70.9 Å². The number of methoxy groups -OCH3 is 2. The Kier molecular flexibility index (Phi) is 5.77. The summed E-state index contributed by atoms with van der Waals surface area (Å²) in [5.74, 6) is 1.54. The van der Waals surface area contributed by atoms with Crippen LogP contribution in [0.2, 0.25) is 5.02 Å². The van der Waals surface area contributed by atoms with E-state index < -0.39 is 5.63 Å². The molecule has 0 aliphatic rings. The minimum absolute atomic E-state index is 0.373. The first-order chi connectivity index (χ1) is 12.9. The highest BCUT2D eigenvalue weighted by atomic mass is 79.9. The second-order valence-corrected chi connectivity index (χ2v) is 7.07. The number of hydrogen-bond acceptors (Lipinski definition) is 5. The third-order valence-electron chi connectivity index (χ3n) is 4.00. The van der Waals surface area contributed by atoms with E-state index >= 15 is 0 Å². The molecule has 0 bridgehead atoms. The zero-order valence-corrected chi connectivity index (χ0v) is 17.3. The Morgan fingerprint density at radius 3 is 2.26 bits per heavy atom. The van der Waals surface area contributed by atoms with Crippen LogP contribution in [0, 0.1) is 6.92 Å². The highest BCUT2D eigenvalue weighted by Crippen LogP contribution is 2.38. The normalized spacial score (nSPS) is 10.6. The lowest BCUT2D eigenvalue weighted by Gasteiger charge is -2.13. The van der Waals surface area contributed by atoms with Crippen LogP contribution in [-0.2, 0) is 0 Å². The summed E-state index contributed by atoms with van der Waals surface area (Å²) in [6, 6.07) is 12.4. The average Bonchev–Trinajstić information content (AvgIpc) is 2.65. The van der Waals surface area contributed by atoms with Crippen molar-refractivity contribution in [2.45, 2.75) is 6.92 Å². The summed E-state index contributed by atoms with van der Waals surface area (Å²) >= 11 is 9.39. The van der Waals surface area contributed by atoms with Gasteiger partial charge in [-0.15, -0.1) is 0 Å². The number of halogens is 2. The molecule has 1 N–H and O–H groups in total. The highest BCUT2D eigenvalue weighted by molar-refractivity contribution is 9.10. The Labute approximate surface area is 170 Å². The van der Waals surface area contributed by atoms with E-state index in [-0.39, 0.29) is 0 Å². The van der Waals surface area contributed by atoms with E-state index in [0.29, 0.717) is 33.5 Å². The van der Waals surface area contributed by atoms with Gasteiger partial charge < -0.3 is 19.2 Å². The Balaban J connectivity index is 2.02. The molecular weight excluding hydrogens is 434 g/mol. The topological polar surface area (TPSA) is 60.7 Å². The van der Waals surface area contributed by atoms with Crippen LogP contribution in [-0.4, -0.2) is 14.2 Å². The van der Waals surface area contributed by atoms with E-state index in [4.69, 9.17) is 25.5 Å². The van der Waals surface area contributed by atoms with Crippen LogP contribution in [0.3, 0.4) is 0 Å². The molecule has 0 atom stereocenters. The molecule has 0 spiro atoms. The molecule has 27 heavy (non-hydrogen) atoms. The van der Waals surface area contributed by atoms with Gasteiger partial charge in [0.25, 0.3) is 0 Å². The fourth-order valence-corrected chi connectivity index (χ4v) is 3.26. The van der Waals surface area contributed by atoms with Gasteiger partial charge >= 0.3 is 5.63 Å². The molecule has 5 nitrogen and oxygen atoms in total. The predicted octanol–water partition coefficient (Wildman–Crippen LogP) is 5.79. The first-order valence-corrected chi connectivity index (χ1v) is 9.19. The summed E-state index contributed by atoms with van der Waals surface area (Å²) in [6.07, 6.45) is 0. The monoisotopic (exact) mass is 449 g/mol. The summed E-state index contributed by atoms with van der Waals surface area (Å²) in [7, 11) is 3.11. The molecule has 1 heterocycles. The van der Waals surface area contributed by atoms with Crippen LogP contribution < -0.4 is 20.4 Å². The van der Waals surface area contributed by atoms with Crippen LogP contribution in [0.15, 0.2) is 56.1 Å². The molecule has 1 aromatic heterocycles. The molecule has 0 radical (unpaired) electrons. The second-order valence-electron chi connectivity index (χ2n) is 5.78. The van der Waals surface area contributed by atoms with Crippen molar-refractivity contribution in [2.75, 3.05) is 19.5 Å². The number of ether oxygens (including phenoxy) is 2. The van der Waals surface area contributed by atoms with Crippen LogP contribution in [0.4, 0.5) is 11.4 Å². The lowest BCUT2D eigenvalue weighted by molar-refractivity contribution is 0.354. The maximum atomic E-state index is 12.6. The number of aryl methyl sites for hydroxylation is 1. The molecule has 0 fully saturated rings. The molecule has 0 unspecified atom stereocenters. The Hall–Kier alpha value is -2.44. The van der Waals surface area contributed by atoms with Gasteiger partial charge in [0, 0.05) is 20.7 Å². The van der Waals surface area contributed by atoms with Crippen molar-refractivity contribution in [3.63, 3.8) is 0 Å². The molecule has 0 aliphatic carbocycles. The second kappa shape index (κ2) is 8.06. The summed E-state index contributed by atoms with van der Waals surface area (Å²) in [5.41, 5.74) is 2.08. The van der Waals surface area contributed by atoms with Crippen LogP contribution in [0.1, 0.15) is 5.56 Å². The smallest absolute Gasteiger partial charge is 0.360 e. The van der Waals surface area contributed by atoms with E-state index in [2.05, 4.69) is 21.2 Å². The quantitative estimate of drug-likeness (QED) is 0.533. The van der Waals surface area contributed by atoms with Gasteiger partial charge in [0.15, 0.2) is 11.5 Å². The summed E-state index contributed by atoms with van der Waals surface area (Å²) in [5, 5.41) is 3.70. The van der Waals surface area contributed by atoms with E-state index in [0.717, 1.165) is 15.7 Å². The van der Waals surface area contributed by atoms with Gasteiger partial charge in [0.1, 0.15) is 11.4 Å². The number of rotatable bonds is 5. The molecule has 2 aromatic carbocycles. The number of anilines is 2. The predicted molar refractivity (Wildman–Crippen MR) is 111 cm³/mol. The summed E-state index contributed by atoms with van der Waals surface area (Å²) in [6.45, 7) is 1.84. The van der Waals surface area contributed by atoms with Crippen molar-refractivity contribution in [3.05, 3.63) is 67.9 Å². The van der Waals surface area contributed by atoms with Crippen molar-refractivity contribution in [1.29, 1.82) is 0 Å². The van der Waals surface area contributed by atoms with Crippen molar-refractivity contribution in [1.82, 2.24) is 0 Å². The highest BCUT2D eigenvalue weighted by Gasteiger charge is 2.16. The largest absolute Gasteiger partial charge is 0.493 e. The average molecular weight is 451 g/mol. The fraction of sp³-hybridized carbons (Fsp3) is 0.150. The van der Waals surface area contributed by atoms with Gasteiger partial charge in [-0.3, -0.25) is 0 Å². The molecule has 0 amide bonds. The molecule has 140 valence electrons. The summed E-state index contributed by atoms with van der Waals surface area (Å²) in [4.78, 5) is 12.6. The minimum atomic E-state index is -0.471. The molecular formula is C20H17BrClNO4. The fourth-order valence-electron chi connectivity index (χ4n) is 2.61. The SMILES string of the molecule is COc1cc(Br)c(-c2cc(C)c(Nc3ccc(Cl)cc3)c(=O)o2)cc1OC. The van der Waals surface area contributed by atoms with E-state index in [1.165, 1.54) is 0 Å². The molecule has 7 heteroatoms. The van der Waals surface area contributed by atoms with Crippen LogP contribution in [0.25, 0.3) is 11.3 Å². The zero-order chi connectivity index (χ0) is 19.6. The van der Waals surface area contributed by atoms with E-state index in [1.807, 2.05) is 6.92 Å². The number of nitrogens with one attached hydrogen (secondary N) is 1. The maximum Gasteiger partial charge on any atom is 0.360 e. The lowest BCUT2D eigenvalue weighted by Crippen LogP contribution is -2.09.